The lowest BCUT2D eigenvalue weighted by Gasteiger charge is -2.14. The van der Waals surface area contributed by atoms with Crippen LogP contribution >= 0.6 is 23.4 Å². The molecule has 1 unspecified atom stereocenters. The van der Waals surface area contributed by atoms with E-state index >= 15 is 0 Å². The average molecular weight is 224 g/mol. The first kappa shape index (κ1) is 13.6. The van der Waals surface area contributed by atoms with Gasteiger partial charge in [0.1, 0.15) is 0 Å². The first-order chi connectivity index (χ1) is 6.35. The van der Waals surface area contributed by atoms with E-state index in [1.54, 1.807) is 0 Å². The molecule has 0 bridgehead atoms. The van der Waals surface area contributed by atoms with Gasteiger partial charge in [0.15, 0.2) is 0 Å². The van der Waals surface area contributed by atoms with Crippen molar-refractivity contribution in [1.82, 2.24) is 5.32 Å². The number of nitrogens with one attached hydrogen (secondary N) is 1. The standard InChI is InChI=1S/C10H22ClNS/c1-3-10(6-7-11)12-8-5-9-13-4-2/h10,12H,3-9H2,1-2H3. The highest BCUT2D eigenvalue weighted by molar-refractivity contribution is 7.99. The number of rotatable bonds is 9. The van der Waals surface area contributed by atoms with Crippen molar-refractivity contribution in [1.29, 1.82) is 0 Å². The largest absolute Gasteiger partial charge is 0.314 e. The molecule has 0 amide bonds. The van der Waals surface area contributed by atoms with Crippen LogP contribution in [0.3, 0.4) is 0 Å². The van der Waals surface area contributed by atoms with Crippen molar-refractivity contribution in [2.75, 3.05) is 23.9 Å². The summed E-state index contributed by atoms with van der Waals surface area (Å²) < 4.78 is 0. The second-order valence-electron chi connectivity index (χ2n) is 3.09. The summed E-state index contributed by atoms with van der Waals surface area (Å²) >= 11 is 7.71. The van der Waals surface area contributed by atoms with Gasteiger partial charge in [-0.25, -0.2) is 0 Å². The van der Waals surface area contributed by atoms with Gasteiger partial charge < -0.3 is 5.32 Å². The molecule has 3 heteroatoms. The molecule has 0 saturated carbocycles. The molecule has 13 heavy (non-hydrogen) atoms. The number of halogens is 1. The van der Waals surface area contributed by atoms with Gasteiger partial charge in [-0.1, -0.05) is 13.8 Å². The summed E-state index contributed by atoms with van der Waals surface area (Å²) in [7, 11) is 0. The molecule has 1 N–H and O–H groups in total. The van der Waals surface area contributed by atoms with Gasteiger partial charge >= 0.3 is 0 Å². The SMILES string of the molecule is CCSCCCNC(CC)CCCl. The summed E-state index contributed by atoms with van der Waals surface area (Å²) in [5, 5.41) is 3.53. The third-order valence-electron chi connectivity index (χ3n) is 2.05. The molecule has 0 radical (unpaired) electrons. The van der Waals surface area contributed by atoms with Gasteiger partial charge in [0, 0.05) is 11.9 Å². The van der Waals surface area contributed by atoms with Crippen LogP contribution in [0.25, 0.3) is 0 Å². The minimum Gasteiger partial charge on any atom is -0.314 e. The molecule has 0 spiro atoms. The van der Waals surface area contributed by atoms with Crippen LogP contribution in [0, 0.1) is 0 Å². The van der Waals surface area contributed by atoms with Crippen molar-refractivity contribution in [2.45, 2.75) is 39.2 Å². The Balaban J connectivity index is 3.17. The second-order valence-corrected chi connectivity index (χ2v) is 4.86. The zero-order chi connectivity index (χ0) is 9.94. The molecule has 1 nitrogen and oxygen atoms in total. The highest BCUT2D eigenvalue weighted by Crippen LogP contribution is 2.02. The molecule has 0 aliphatic carbocycles. The molecule has 0 heterocycles. The Bertz CT molecular complexity index is 101. The summed E-state index contributed by atoms with van der Waals surface area (Å²) in [6.07, 6.45) is 3.56. The van der Waals surface area contributed by atoms with Gasteiger partial charge in [-0.2, -0.15) is 11.8 Å². The molecule has 0 fully saturated rings. The Morgan fingerprint density at radius 3 is 2.69 bits per heavy atom. The lowest BCUT2D eigenvalue weighted by atomic mass is 10.2. The van der Waals surface area contributed by atoms with E-state index in [1.807, 2.05) is 11.8 Å². The van der Waals surface area contributed by atoms with Gasteiger partial charge in [0.2, 0.25) is 0 Å². The van der Waals surface area contributed by atoms with Crippen molar-refractivity contribution in [2.24, 2.45) is 0 Å². The molecule has 0 aromatic carbocycles. The normalized spacial score (nSPS) is 13.2. The topological polar surface area (TPSA) is 12.0 Å². The van der Waals surface area contributed by atoms with E-state index in [9.17, 15) is 0 Å². The van der Waals surface area contributed by atoms with Crippen LogP contribution in [0.1, 0.15) is 33.1 Å². The van der Waals surface area contributed by atoms with Gasteiger partial charge in [0.05, 0.1) is 0 Å². The van der Waals surface area contributed by atoms with Crippen LogP contribution in [0.15, 0.2) is 0 Å². The fraction of sp³-hybridized carbons (Fsp3) is 1.00. The number of thioether (sulfide) groups is 1. The Labute approximate surface area is 92.0 Å². The monoisotopic (exact) mass is 223 g/mol. The molecule has 0 aliphatic rings. The van der Waals surface area contributed by atoms with Crippen molar-refractivity contribution < 1.29 is 0 Å². The van der Waals surface area contributed by atoms with Crippen molar-refractivity contribution in [3.8, 4) is 0 Å². The maximum atomic E-state index is 5.69. The average Bonchev–Trinajstić information content (AvgIpc) is 2.16. The van der Waals surface area contributed by atoms with Gasteiger partial charge in [-0.15, -0.1) is 11.6 Å². The quantitative estimate of drug-likeness (QED) is 0.476. The molecule has 0 aromatic heterocycles. The molecule has 1 atom stereocenters. The van der Waals surface area contributed by atoms with Gasteiger partial charge in [0.25, 0.3) is 0 Å². The van der Waals surface area contributed by atoms with Crippen LogP contribution in [0.5, 0.6) is 0 Å². The zero-order valence-electron chi connectivity index (χ0n) is 8.81. The van der Waals surface area contributed by atoms with Crippen LogP contribution in [-0.4, -0.2) is 30.0 Å². The Hall–Kier alpha value is 0.600. The lowest BCUT2D eigenvalue weighted by Crippen LogP contribution is -2.29. The maximum Gasteiger partial charge on any atom is 0.0238 e. The molecule has 0 rings (SSSR count). The van der Waals surface area contributed by atoms with E-state index in [0.29, 0.717) is 6.04 Å². The summed E-state index contributed by atoms with van der Waals surface area (Å²) in [5.74, 6) is 3.29. The second kappa shape index (κ2) is 10.7. The van der Waals surface area contributed by atoms with Crippen molar-refractivity contribution in [3.63, 3.8) is 0 Å². The van der Waals surface area contributed by atoms with E-state index in [0.717, 1.165) is 18.8 Å². The summed E-state index contributed by atoms with van der Waals surface area (Å²) in [6.45, 7) is 5.56. The van der Waals surface area contributed by atoms with Crippen molar-refractivity contribution in [3.05, 3.63) is 0 Å². The molecule has 0 aliphatic heterocycles. The third kappa shape index (κ3) is 8.92. The first-order valence-corrected chi connectivity index (χ1v) is 6.91. The summed E-state index contributed by atoms with van der Waals surface area (Å²) in [5.41, 5.74) is 0. The van der Waals surface area contributed by atoms with Crippen LogP contribution in [0.4, 0.5) is 0 Å². The smallest absolute Gasteiger partial charge is 0.0238 e. The Morgan fingerprint density at radius 2 is 2.15 bits per heavy atom. The van der Waals surface area contributed by atoms with E-state index in [1.165, 1.54) is 24.3 Å². The van der Waals surface area contributed by atoms with Gasteiger partial charge in [-0.05, 0) is 37.3 Å². The summed E-state index contributed by atoms with van der Waals surface area (Å²) in [6, 6.07) is 0.629. The van der Waals surface area contributed by atoms with E-state index in [-0.39, 0.29) is 0 Å². The molecule has 0 saturated heterocycles. The molecular weight excluding hydrogens is 202 g/mol. The summed E-state index contributed by atoms with van der Waals surface area (Å²) in [4.78, 5) is 0. The lowest BCUT2D eigenvalue weighted by molar-refractivity contribution is 0.488. The third-order valence-corrected chi connectivity index (χ3v) is 3.26. The zero-order valence-corrected chi connectivity index (χ0v) is 10.4. The van der Waals surface area contributed by atoms with E-state index in [2.05, 4.69) is 19.2 Å². The van der Waals surface area contributed by atoms with Crippen molar-refractivity contribution >= 4 is 23.4 Å². The molecular formula is C10H22ClNS. The van der Waals surface area contributed by atoms with Gasteiger partial charge in [-0.3, -0.25) is 0 Å². The predicted molar refractivity (Wildman–Crippen MR) is 65.0 cm³/mol. The number of alkyl halides is 1. The first-order valence-electron chi connectivity index (χ1n) is 5.22. The van der Waals surface area contributed by atoms with Crippen LogP contribution in [-0.2, 0) is 0 Å². The van der Waals surface area contributed by atoms with Crippen LogP contribution < -0.4 is 5.32 Å². The number of hydrogen-bond acceptors (Lipinski definition) is 2. The predicted octanol–water partition coefficient (Wildman–Crippen LogP) is 3.13. The highest BCUT2D eigenvalue weighted by Gasteiger charge is 2.02. The molecule has 80 valence electrons. The Kier molecular flexibility index (Phi) is 11.2. The van der Waals surface area contributed by atoms with E-state index < -0.39 is 0 Å². The molecule has 0 aromatic rings. The number of hydrogen-bond donors (Lipinski definition) is 1. The Morgan fingerprint density at radius 1 is 1.38 bits per heavy atom. The fourth-order valence-corrected chi connectivity index (χ4v) is 2.11. The maximum absolute atomic E-state index is 5.69. The highest BCUT2D eigenvalue weighted by atomic mass is 35.5. The minimum absolute atomic E-state index is 0.629. The fourth-order valence-electron chi connectivity index (χ4n) is 1.21. The minimum atomic E-state index is 0.629. The van der Waals surface area contributed by atoms with E-state index in [4.69, 9.17) is 11.6 Å². The van der Waals surface area contributed by atoms with Crippen LogP contribution in [0.2, 0.25) is 0 Å².